The predicted octanol–water partition coefficient (Wildman–Crippen LogP) is 3.76. The summed E-state index contributed by atoms with van der Waals surface area (Å²) in [5, 5.41) is 6.19. The summed E-state index contributed by atoms with van der Waals surface area (Å²) in [6.45, 7) is 4.91. The molecule has 4 heteroatoms. The quantitative estimate of drug-likeness (QED) is 0.780. The summed E-state index contributed by atoms with van der Waals surface area (Å²) in [4.78, 5) is 12.1. The van der Waals surface area contributed by atoms with Crippen LogP contribution in [0.2, 0.25) is 0 Å². The van der Waals surface area contributed by atoms with E-state index in [4.69, 9.17) is 4.74 Å². The molecule has 0 aliphatic rings. The molecule has 2 rings (SSSR count). The number of amides is 1. The van der Waals surface area contributed by atoms with Gasteiger partial charge in [0.25, 0.3) is 0 Å². The van der Waals surface area contributed by atoms with Crippen molar-refractivity contribution < 1.29 is 9.53 Å². The fourth-order valence-electron chi connectivity index (χ4n) is 2.43. The molecule has 1 amide bonds. The third kappa shape index (κ3) is 5.42. The van der Waals surface area contributed by atoms with Gasteiger partial charge in [-0.25, -0.2) is 0 Å². The first-order chi connectivity index (χ1) is 11.2. The first-order valence-electron chi connectivity index (χ1n) is 8.04. The van der Waals surface area contributed by atoms with E-state index in [2.05, 4.69) is 29.7 Å². The molecule has 2 aromatic carbocycles. The zero-order chi connectivity index (χ0) is 16.5. The van der Waals surface area contributed by atoms with E-state index in [1.54, 1.807) is 0 Å². The highest BCUT2D eigenvalue weighted by atomic mass is 16.5. The van der Waals surface area contributed by atoms with Gasteiger partial charge >= 0.3 is 0 Å². The number of ether oxygens (including phenoxy) is 1. The third-order valence-electron chi connectivity index (χ3n) is 3.55. The van der Waals surface area contributed by atoms with Crippen LogP contribution in [0.4, 0.5) is 5.69 Å². The van der Waals surface area contributed by atoms with Crippen LogP contribution in [-0.4, -0.2) is 19.1 Å². The summed E-state index contributed by atoms with van der Waals surface area (Å²) in [6, 6.07) is 17.8. The molecule has 0 aliphatic carbocycles. The molecule has 2 aromatic rings. The highest BCUT2D eigenvalue weighted by Gasteiger charge is 2.10. The summed E-state index contributed by atoms with van der Waals surface area (Å²) < 4.78 is 5.43. The number of hydrogen-bond acceptors (Lipinski definition) is 3. The average molecular weight is 312 g/mol. The molecule has 4 nitrogen and oxygen atoms in total. The van der Waals surface area contributed by atoms with Crippen molar-refractivity contribution >= 4 is 11.6 Å². The summed E-state index contributed by atoms with van der Waals surface area (Å²) in [5.74, 6) is 0.696. The van der Waals surface area contributed by atoms with E-state index in [9.17, 15) is 4.79 Å². The van der Waals surface area contributed by atoms with Crippen LogP contribution in [0.25, 0.3) is 0 Å². The molecule has 0 saturated heterocycles. The minimum absolute atomic E-state index is 0.0620. The van der Waals surface area contributed by atoms with E-state index in [0.29, 0.717) is 6.61 Å². The van der Waals surface area contributed by atoms with Gasteiger partial charge in [0.1, 0.15) is 5.75 Å². The number of anilines is 1. The van der Waals surface area contributed by atoms with Crippen LogP contribution in [0.1, 0.15) is 31.9 Å². The smallest absolute Gasteiger partial charge is 0.238 e. The predicted molar refractivity (Wildman–Crippen MR) is 93.7 cm³/mol. The SMILES string of the molecule is CCOc1cccc(NC(=O)CNC(CC)c2ccccc2)c1. The minimum atomic E-state index is -0.0620. The molecule has 122 valence electrons. The molecule has 0 saturated carbocycles. The lowest BCUT2D eigenvalue weighted by Gasteiger charge is -2.17. The van der Waals surface area contributed by atoms with Crippen LogP contribution in [0, 0.1) is 0 Å². The van der Waals surface area contributed by atoms with Gasteiger partial charge in [0.2, 0.25) is 5.91 Å². The summed E-state index contributed by atoms with van der Waals surface area (Å²) in [5.41, 5.74) is 1.94. The molecule has 1 unspecified atom stereocenters. The third-order valence-corrected chi connectivity index (χ3v) is 3.55. The first-order valence-corrected chi connectivity index (χ1v) is 8.04. The Kier molecular flexibility index (Phi) is 6.63. The van der Waals surface area contributed by atoms with Gasteiger partial charge < -0.3 is 15.4 Å². The number of nitrogens with one attached hydrogen (secondary N) is 2. The van der Waals surface area contributed by atoms with E-state index >= 15 is 0 Å². The maximum atomic E-state index is 12.1. The highest BCUT2D eigenvalue weighted by Crippen LogP contribution is 2.18. The van der Waals surface area contributed by atoms with Crippen LogP contribution in [0.5, 0.6) is 5.75 Å². The van der Waals surface area contributed by atoms with Crippen molar-refractivity contribution in [3.63, 3.8) is 0 Å². The molecule has 0 fully saturated rings. The lowest BCUT2D eigenvalue weighted by Crippen LogP contribution is -2.31. The molecule has 0 aliphatic heterocycles. The number of carbonyl (C=O) groups excluding carboxylic acids is 1. The molecule has 2 N–H and O–H groups in total. The van der Waals surface area contributed by atoms with Crippen LogP contribution < -0.4 is 15.4 Å². The standard InChI is InChI=1S/C19H24N2O2/c1-3-18(15-9-6-5-7-10-15)20-14-19(22)21-16-11-8-12-17(13-16)23-4-2/h5-13,18,20H,3-4,14H2,1-2H3,(H,21,22). The van der Waals surface area contributed by atoms with Crippen molar-refractivity contribution in [3.8, 4) is 5.75 Å². The van der Waals surface area contributed by atoms with Gasteiger partial charge in [0.05, 0.1) is 13.2 Å². The Bertz CT molecular complexity index is 614. The Hall–Kier alpha value is -2.33. The van der Waals surface area contributed by atoms with Gasteiger partial charge in [-0.3, -0.25) is 4.79 Å². The first kappa shape index (κ1) is 17.0. The fraction of sp³-hybridized carbons (Fsp3) is 0.316. The number of hydrogen-bond donors (Lipinski definition) is 2. The van der Waals surface area contributed by atoms with Crippen molar-refractivity contribution in [2.24, 2.45) is 0 Å². The van der Waals surface area contributed by atoms with E-state index in [0.717, 1.165) is 17.9 Å². The van der Waals surface area contributed by atoms with Crippen LogP contribution in [-0.2, 0) is 4.79 Å². The Morgan fingerprint density at radius 2 is 1.87 bits per heavy atom. The second-order valence-electron chi connectivity index (χ2n) is 5.26. The normalized spacial score (nSPS) is 11.7. The van der Waals surface area contributed by atoms with Crippen molar-refractivity contribution in [2.75, 3.05) is 18.5 Å². The Morgan fingerprint density at radius 1 is 1.09 bits per heavy atom. The van der Waals surface area contributed by atoms with Gasteiger partial charge in [-0.2, -0.15) is 0 Å². The molecule has 1 atom stereocenters. The van der Waals surface area contributed by atoms with E-state index in [-0.39, 0.29) is 18.5 Å². The van der Waals surface area contributed by atoms with Crippen LogP contribution >= 0.6 is 0 Å². The summed E-state index contributed by atoms with van der Waals surface area (Å²) >= 11 is 0. The maximum absolute atomic E-state index is 12.1. The maximum Gasteiger partial charge on any atom is 0.238 e. The average Bonchev–Trinajstić information content (AvgIpc) is 2.57. The van der Waals surface area contributed by atoms with E-state index in [1.165, 1.54) is 5.56 Å². The van der Waals surface area contributed by atoms with Crippen molar-refractivity contribution in [1.29, 1.82) is 0 Å². The zero-order valence-electron chi connectivity index (χ0n) is 13.7. The Morgan fingerprint density at radius 3 is 2.57 bits per heavy atom. The van der Waals surface area contributed by atoms with Gasteiger partial charge in [0, 0.05) is 17.8 Å². The second-order valence-corrected chi connectivity index (χ2v) is 5.26. The van der Waals surface area contributed by atoms with Crippen molar-refractivity contribution in [3.05, 3.63) is 60.2 Å². The zero-order valence-corrected chi connectivity index (χ0v) is 13.7. The molecule has 0 heterocycles. The molecule has 0 radical (unpaired) electrons. The number of benzene rings is 2. The van der Waals surface area contributed by atoms with E-state index in [1.807, 2.05) is 49.4 Å². The molecule has 0 bridgehead atoms. The Balaban J connectivity index is 1.88. The summed E-state index contributed by atoms with van der Waals surface area (Å²) in [6.07, 6.45) is 0.928. The Labute approximate surface area is 137 Å². The highest BCUT2D eigenvalue weighted by molar-refractivity contribution is 5.92. The monoisotopic (exact) mass is 312 g/mol. The minimum Gasteiger partial charge on any atom is -0.494 e. The van der Waals surface area contributed by atoms with Crippen molar-refractivity contribution in [1.82, 2.24) is 5.32 Å². The molecule has 23 heavy (non-hydrogen) atoms. The molecular weight excluding hydrogens is 288 g/mol. The van der Waals surface area contributed by atoms with Crippen LogP contribution in [0.15, 0.2) is 54.6 Å². The number of carbonyl (C=O) groups is 1. The largest absolute Gasteiger partial charge is 0.494 e. The molecule has 0 spiro atoms. The van der Waals surface area contributed by atoms with Gasteiger partial charge in [-0.15, -0.1) is 0 Å². The van der Waals surface area contributed by atoms with Gasteiger partial charge in [-0.1, -0.05) is 43.3 Å². The van der Waals surface area contributed by atoms with Crippen LogP contribution in [0.3, 0.4) is 0 Å². The van der Waals surface area contributed by atoms with Gasteiger partial charge in [0.15, 0.2) is 0 Å². The topological polar surface area (TPSA) is 50.4 Å². The van der Waals surface area contributed by atoms with E-state index < -0.39 is 0 Å². The number of rotatable bonds is 8. The second kappa shape index (κ2) is 8.96. The lowest BCUT2D eigenvalue weighted by atomic mass is 10.0. The van der Waals surface area contributed by atoms with Gasteiger partial charge in [-0.05, 0) is 31.0 Å². The lowest BCUT2D eigenvalue weighted by molar-refractivity contribution is -0.115. The fourth-order valence-corrected chi connectivity index (χ4v) is 2.43. The molecular formula is C19H24N2O2. The summed E-state index contributed by atoms with van der Waals surface area (Å²) in [7, 11) is 0. The van der Waals surface area contributed by atoms with Crippen molar-refractivity contribution in [2.45, 2.75) is 26.3 Å². The molecule has 0 aromatic heterocycles.